The van der Waals surface area contributed by atoms with Crippen molar-refractivity contribution >= 4 is 10.8 Å². The first-order valence-corrected chi connectivity index (χ1v) is 9.78. The Labute approximate surface area is 177 Å². The minimum absolute atomic E-state index is 0.00457. The van der Waals surface area contributed by atoms with E-state index in [1.165, 1.54) is 22.9 Å². The molecule has 0 saturated carbocycles. The van der Waals surface area contributed by atoms with E-state index in [2.05, 4.69) is 5.10 Å². The van der Waals surface area contributed by atoms with Crippen molar-refractivity contribution in [2.75, 3.05) is 6.61 Å². The molecule has 4 rings (SSSR count). The molecule has 4 aromatic rings. The number of hydrogen-bond donors (Lipinski definition) is 1. The van der Waals surface area contributed by atoms with Crippen LogP contribution in [0.4, 0.5) is 8.78 Å². The molecule has 158 valence electrons. The van der Waals surface area contributed by atoms with E-state index in [9.17, 15) is 18.7 Å². The van der Waals surface area contributed by atoms with Crippen molar-refractivity contribution in [3.05, 3.63) is 100 Å². The lowest BCUT2D eigenvalue weighted by Gasteiger charge is -2.15. The Morgan fingerprint density at radius 2 is 1.61 bits per heavy atom. The smallest absolute Gasteiger partial charge is 0.274 e. The highest BCUT2D eigenvalue weighted by Crippen LogP contribution is 2.24. The van der Waals surface area contributed by atoms with Gasteiger partial charge in [0.1, 0.15) is 11.6 Å². The molecular formula is C24H20F2N2O3. The number of rotatable bonds is 7. The number of hydrogen-bond acceptors (Lipinski definition) is 4. The maximum Gasteiger partial charge on any atom is 0.274 e. The standard InChI is InChI=1S/C24H20F2N2O3/c25-18-11-9-16(10-12-18)23-20-6-2-3-7-21(20)24(30)28(27-23)13-19(29)15-31-14-17-5-1-4-8-22(17)26/h1-12,19,29H,13-15H2/t19-/m0/s1. The summed E-state index contributed by atoms with van der Waals surface area (Å²) in [6.07, 6.45) is -1.03. The molecule has 0 amide bonds. The number of ether oxygens (including phenoxy) is 1. The fourth-order valence-electron chi connectivity index (χ4n) is 3.35. The summed E-state index contributed by atoms with van der Waals surface area (Å²) in [6.45, 7) is -0.194. The van der Waals surface area contributed by atoms with Crippen molar-refractivity contribution in [2.24, 2.45) is 0 Å². The SMILES string of the molecule is O=c1c2ccccc2c(-c2ccc(F)cc2)nn1C[C@H](O)COCc1ccccc1F. The average molecular weight is 422 g/mol. The first-order chi connectivity index (χ1) is 15.0. The molecule has 0 bridgehead atoms. The summed E-state index contributed by atoms with van der Waals surface area (Å²) in [5.41, 5.74) is 1.19. The number of benzene rings is 3. The molecule has 1 heterocycles. The Morgan fingerprint density at radius 1 is 0.935 bits per heavy atom. The summed E-state index contributed by atoms with van der Waals surface area (Å²) >= 11 is 0. The van der Waals surface area contributed by atoms with E-state index >= 15 is 0 Å². The van der Waals surface area contributed by atoms with E-state index in [-0.39, 0.29) is 37.0 Å². The molecule has 0 aliphatic carbocycles. The van der Waals surface area contributed by atoms with Crippen LogP contribution in [0.3, 0.4) is 0 Å². The summed E-state index contributed by atoms with van der Waals surface area (Å²) in [4.78, 5) is 12.9. The van der Waals surface area contributed by atoms with Crippen molar-refractivity contribution in [1.29, 1.82) is 0 Å². The number of fused-ring (bicyclic) bond motifs is 1. The normalized spacial score (nSPS) is 12.2. The molecule has 0 spiro atoms. The summed E-state index contributed by atoms with van der Waals surface area (Å²) in [7, 11) is 0. The highest BCUT2D eigenvalue weighted by atomic mass is 19.1. The number of aliphatic hydroxyl groups is 1. The van der Waals surface area contributed by atoms with Gasteiger partial charge in [0.05, 0.1) is 36.9 Å². The quantitative estimate of drug-likeness (QED) is 0.490. The third-order valence-electron chi connectivity index (χ3n) is 4.89. The molecule has 7 heteroatoms. The second kappa shape index (κ2) is 9.16. The van der Waals surface area contributed by atoms with Crippen molar-refractivity contribution in [1.82, 2.24) is 9.78 Å². The van der Waals surface area contributed by atoms with Crippen LogP contribution in [0.25, 0.3) is 22.0 Å². The molecule has 0 unspecified atom stereocenters. The van der Waals surface area contributed by atoms with Crippen LogP contribution in [0.5, 0.6) is 0 Å². The second-order valence-electron chi connectivity index (χ2n) is 7.15. The van der Waals surface area contributed by atoms with Crippen LogP contribution in [0, 0.1) is 11.6 Å². The summed E-state index contributed by atoms with van der Waals surface area (Å²) in [5, 5.41) is 15.9. The molecule has 0 radical (unpaired) electrons. The predicted molar refractivity (Wildman–Crippen MR) is 113 cm³/mol. The third kappa shape index (κ3) is 4.68. The molecule has 0 saturated heterocycles. The Bertz CT molecular complexity index is 1260. The van der Waals surface area contributed by atoms with Crippen molar-refractivity contribution < 1.29 is 18.6 Å². The minimum Gasteiger partial charge on any atom is -0.389 e. The molecule has 0 aliphatic rings. The van der Waals surface area contributed by atoms with Gasteiger partial charge in [-0.15, -0.1) is 0 Å². The van der Waals surface area contributed by atoms with Gasteiger partial charge in [0.2, 0.25) is 0 Å². The van der Waals surface area contributed by atoms with Gasteiger partial charge in [-0.3, -0.25) is 4.79 Å². The minimum atomic E-state index is -1.03. The summed E-state index contributed by atoms with van der Waals surface area (Å²) in [5.74, 6) is -0.753. The van der Waals surface area contributed by atoms with Crippen LogP contribution in [-0.2, 0) is 17.9 Å². The van der Waals surface area contributed by atoms with E-state index in [1.807, 2.05) is 0 Å². The monoisotopic (exact) mass is 422 g/mol. The summed E-state index contributed by atoms with van der Waals surface area (Å²) < 4.78 is 33.6. The maximum atomic E-state index is 13.7. The van der Waals surface area contributed by atoms with Crippen molar-refractivity contribution in [3.63, 3.8) is 0 Å². The van der Waals surface area contributed by atoms with Gasteiger partial charge in [-0.05, 0) is 36.4 Å². The topological polar surface area (TPSA) is 64.4 Å². The predicted octanol–water partition coefficient (Wildman–Crippen LogP) is 3.92. The fourth-order valence-corrected chi connectivity index (χ4v) is 3.35. The number of nitrogens with zero attached hydrogens (tertiary/aromatic N) is 2. The molecular weight excluding hydrogens is 402 g/mol. The lowest BCUT2D eigenvalue weighted by molar-refractivity contribution is 0.0173. The zero-order valence-electron chi connectivity index (χ0n) is 16.5. The molecule has 3 aromatic carbocycles. The van der Waals surface area contributed by atoms with Gasteiger partial charge in [0.15, 0.2) is 0 Å². The van der Waals surface area contributed by atoms with Crippen LogP contribution < -0.4 is 5.56 Å². The van der Waals surface area contributed by atoms with E-state index in [0.29, 0.717) is 27.6 Å². The Kier molecular flexibility index (Phi) is 6.16. The van der Waals surface area contributed by atoms with E-state index < -0.39 is 6.10 Å². The summed E-state index contributed by atoms with van der Waals surface area (Å²) in [6, 6.07) is 19.1. The zero-order valence-corrected chi connectivity index (χ0v) is 16.5. The van der Waals surface area contributed by atoms with Gasteiger partial charge >= 0.3 is 0 Å². The van der Waals surface area contributed by atoms with Gasteiger partial charge in [-0.1, -0.05) is 36.4 Å². The lowest BCUT2D eigenvalue weighted by atomic mass is 10.1. The van der Waals surface area contributed by atoms with Crippen LogP contribution in [0.1, 0.15) is 5.56 Å². The van der Waals surface area contributed by atoms with E-state index in [1.54, 1.807) is 54.6 Å². The second-order valence-corrected chi connectivity index (χ2v) is 7.15. The van der Waals surface area contributed by atoms with Crippen molar-refractivity contribution in [3.8, 4) is 11.3 Å². The van der Waals surface area contributed by atoms with Gasteiger partial charge < -0.3 is 9.84 Å². The molecule has 0 fully saturated rings. The van der Waals surface area contributed by atoms with Gasteiger partial charge in [0, 0.05) is 16.5 Å². The molecule has 1 aromatic heterocycles. The van der Waals surface area contributed by atoms with E-state index in [4.69, 9.17) is 4.74 Å². The van der Waals surface area contributed by atoms with Gasteiger partial charge in [-0.2, -0.15) is 5.10 Å². The highest BCUT2D eigenvalue weighted by molar-refractivity contribution is 5.93. The Hall–Kier alpha value is -3.42. The van der Waals surface area contributed by atoms with Crippen molar-refractivity contribution in [2.45, 2.75) is 19.3 Å². The number of halogens is 2. The maximum absolute atomic E-state index is 13.7. The lowest BCUT2D eigenvalue weighted by Crippen LogP contribution is -2.31. The number of aliphatic hydroxyl groups excluding tert-OH is 1. The molecule has 1 N–H and O–H groups in total. The Morgan fingerprint density at radius 3 is 2.35 bits per heavy atom. The van der Waals surface area contributed by atoms with E-state index in [0.717, 1.165) is 0 Å². The van der Waals surface area contributed by atoms with Crippen LogP contribution in [-0.4, -0.2) is 27.6 Å². The van der Waals surface area contributed by atoms with Crippen LogP contribution in [0.15, 0.2) is 77.6 Å². The van der Waals surface area contributed by atoms with Crippen LogP contribution >= 0.6 is 0 Å². The molecule has 0 aliphatic heterocycles. The third-order valence-corrected chi connectivity index (χ3v) is 4.89. The molecule has 31 heavy (non-hydrogen) atoms. The average Bonchev–Trinajstić information content (AvgIpc) is 2.78. The molecule has 5 nitrogen and oxygen atoms in total. The first kappa shape index (κ1) is 20.8. The largest absolute Gasteiger partial charge is 0.389 e. The highest BCUT2D eigenvalue weighted by Gasteiger charge is 2.15. The van der Waals surface area contributed by atoms with Crippen LogP contribution in [0.2, 0.25) is 0 Å². The molecule has 1 atom stereocenters. The van der Waals surface area contributed by atoms with Gasteiger partial charge in [-0.25, -0.2) is 13.5 Å². The Balaban J connectivity index is 1.57. The number of aromatic nitrogens is 2. The zero-order chi connectivity index (χ0) is 21.8. The fraction of sp³-hybridized carbons (Fsp3) is 0.167. The first-order valence-electron chi connectivity index (χ1n) is 9.78. The van der Waals surface area contributed by atoms with Gasteiger partial charge in [0.25, 0.3) is 5.56 Å².